The topological polar surface area (TPSA) is 84.3 Å². The fraction of sp³-hybridized carbons (Fsp3) is 0.238. The number of aromatic nitrogens is 2. The molecule has 1 heterocycles. The van der Waals surface area contributed by atoms with Crippen molar-refractivity contribution in [2.24, 2.45) is 7.05 Å². The number of carbonyl (C=O) groups excluding carboxylic acids is 1. The summed E-state index contributed by atoms with van der Waals surface area (Å²) in [5.41, 5.74) is 1.48. The van der Waals surface area contributed by atoms with Gasteiger partial charge in [-0.3, -0.25) is 4.79 Å². The van der Waals surface area contributed by atoms with Crippen LogP contribution < -0.4 is 5.32 Å². The molecular weight excluding hydrogens is 424 g/mol. The van der Waals surface area contributed by atoms with Crippen molar-refractivity contribution < 1.29 is 13.2 Å². The molecule has 3 rings (SSSR count). The second-order valence-electron chi connectivity index (χ2n) is 6.63. The molecule has 30 heavy (non-hydrogen) atoms. The lowest BCUT2D eigenvalue weighted by molar-refractivity contribution is 0.102. The molecule has 0 aliphatic carbocycles. The number of amides is 1. The Bertz CT molecular complexity index is 1170. The van der Waals surface area contributed by atoms with Gasteiger partial charge in [0.2, 0.25) is 10.0 Å². The number of carbonyl (C=O) groups is 1. The van der Waals surface area contributed by atoms with Crippen LogP contribution in [0.25, 0.3) is 11.4 Å². The molecule has 0 aliphatic rings. The first-order valence-corrected chi connectivity index (χ1v) is 11.3. The van der Waals surface area contributed by atoms with Gasteiger partial charge in [-0.2, -0.15) is 4.31 Å². The molecule has 2 aromatic carbocycles. The second kappa shape index (κ2) is 8.99. The molecule has 0 fully saturated rings. The van der Waals surface area contributed by atoms with Crippen LogP contribution in [-0.4, -0.2) is 41.3 Å². The van der Waals surface area contributed by atoms with Crippen molar-refractivity contribution in [2.45, 2.75) is 18.7 Å². The Kier molecular flexibility index (Phi) is 6.60. The average Bonchev–Trinajstić information content (AvgIpc) is 3.15. The second-order valence-corrected chi connectivity index (χ2v) is 8.97. The zero-order valence-corrected chi connectivity index (χ0v) is 18.5. The number of hydrogen-bond donors (Lipinski definition) is 1. The van der Waals surface area contributed by atoms with E-state index < -0.39 is 15.9 Å². The number of imidazole rings is 1. The van der Waals surface area contributed by atoms with E-state index in [1.807, 2.05) is 29.9 Å². The molecule has 0 aliphatic heterocycles. The maximum atomic E-state index is 12.9. The zero-order chi connectivity index (χ0) is 21.9. The van der Waals surface area contributed by atoms with Crippen molar-refractivity contribution in [1.29, 1.82) is 0 Å². The van der Waals surface area contributed by atoms with Crippen LogP contribution >= 0.6 is 11.6 Å². The maximum Gasteiger partial charge on any atom is 0.257 e. The van der Waals surface area contributed by atoms with E-state index >= 15 is 0 Å². The lowest BCUT2D eigenvalue weighted by atomic mass is 10.1. The van der Waals surface area contributed by atoms with Crippen molar-refractivity contribution in [3.05, 3.63) is 65.4 Å². The number of sulfonamides is 1. The average molecular weight is 447 g/mol. The molecule has 0 radical (unpaired) electrons. The van der Waals surface area contributed by atoms with E-state index in [0.717, 1.165) is 11.4 Å². The zero-order valence-electron chi connectivity index (χ0n) is 17.0. The highest BCUT2D eigenvalue weighted by molar-refractivity contribution is 7.89. The Morgan fingerprint density at radius 2 is 1.90 bits per heavy atom. The van der Waals surface area contributed by atoms with E-state index in [-0.39, 0.29) is 15.5 Å². The summed E-state index contributed by atoms with van der Waals surface area (Å²) in [4.78, 5) is 17.2. The molecule has 158 valence electrons. The first-order chi connectivity index (χ1) is 14.3. The molecule has 3 aromatic rings. The number of rotatable bonds is 7. The van der Waals surface area contributed by atoms with Crippen molar-refractivity contribution in [3.8, 4) is 11.4 Å². The van der Waals surface area contributed by atoms with Gasteiger partial charge in [0.1, 0.15) is 5.82 Å². The number of nitrogens with zero attached hydrogens (tertiary/aromatic N) is 3. The molecule has 1 amide bonds. The number of nitrogens with one attached hydrogen (secondary N) is 1. The molecule has 0 saturated heterocycles. The van der Waals surface area contributed by atoms with Gasteiger partial charge >= 0.3 is 0 Å². The predicted molar refractivity (Wildman–Crippen MR) is 118 cm³/mol. The SMILES string of the molecule is CCN(CC)S(=O)(=O)c1ccc(Cl)c(C(=O)Nc2cccc(-c3nccn3C)c2)c1. The van der Waals surface area contributed by atoms with Gasteiger partial charge < -0.3 is 9.88 Å². The van der Waals surface area contributed by atoms with E-state index in [4.69, 9.17) is 11.6 Å². The van der Waals surface area contributed by atoms with Crippen LogP contribution in [0.5, 0.6) is 0 Å². The summed E-state index contributed by atoms with van der Waals surface area (Å²) in [5, 5.41) is 2.96. The van der Waals surface area contributed by atoms with Gasteiger partial charge in [0.05, 0.1) is 15.5 Å². The Hall–Kier alpha value is -2.68. The van der Waals surface area contributed by atoms with E-state index in [1.165, 1.54) is 22.5 Å². The maximum absolute atomic E-state index is 12.9. The lowest BCUT2D eigenvalue weighted by Gasteiger charge is -2.19. The minimum Gasteiger partial charge on any atom is -0.334 e. The summed E-state index contributed by atoms with van der Waals surface area (Å²) in [5.74, 6) is 0.269. The molecule has 1 N–H and O–H groups in total. The smallest absolute Gasteiger partial charge is 0.257 e. The van der Waals surface area contributed by atoms with Crippen LogP contribution in [0.15, 0.2) is 59.8 Å². The summed E-state index contributed by atoms with van der Waals surface area (Å²) in [6, 6.07) is 11.4. The van der Waals surface area contributed by atoms with Crippen LogP contribution in [0.2, 0.25) is 5.02 Å². The summed E-state index contributed by atoms with van der Waals surface area (Å²) in [6.07, 6.45) is 3.53. The molecule has 9 heteroatoms. The molecule has 0 saturated carbocycles. The number of hydrogen-bond acceptors (Lipinski definition) is 4. The van der Waals surface area contributed by atoms with Gasteiger partial charge in [-0.05, 0) is 30.3 Å². The Morgan fingerprint density at radius 3 is 2.53 bits per heavy atom. The van der Waals surface area contributed by atoms with Gasteiger partial charge in [0.15, 0.2) is 0 Å². The predicted octanol–water partition coefficient (Wildman–Crippen LogP) is 4.02. The van der Waals surface area contributed by atoms with Crippen molar-refractivity contribution in [1.82, 2.24) is 13.9 Å². The van der Waals surface area contributed by atoms with E-state index in [1.54, 1.807) is 32.2 Å². The summed E-state index contributed by atoms with van der Waals surface area (Å²) in [6.45, 7) is 4.20. The highest BCUT2D eigenvalue weighted by atomic mass is 35.5. The first kappa shape index (κ1) is 22.0. The molecule has 0 unspecified atom stereocenters. The molecule has 7 nitrogen and oxygen atoms in total. The number of aryl methyl sites for hydroxylation is 1. The number of halogens is 1. The summed E-state index contributed by atoms with van der Waals surface area (Å²) >= 11 is 6.21. The summed E-state index contributed by atoms with van der Waals surface area (Å²) in [7, 11) is -1.82. The van der Waals surface area contributed by atoms with Gasteiger partial charge in [0, 0.05) is 43.8 Å². The van der Waals surface area contributed by atoms with Crippen LogP contribution in [0.1, 0.15) is 24.2 Å². The van der Waals surface area contributed by atoms with E-state index in [2.05, 4.69) is 10.3 Å². The van der Waals surface area contributed by atoms with Crippen LogP contribution in [-0.2, 0) is 17.1 Å². The fourth-order valence-corrected chi connectivity index (χ4v) is 4.82. The van der Waals surface area contributed by atoms with Gasteiger partial charge in [0.25, 0.3) is 5.91 Å². The van der Waals surface area contributed by atoms with Crippen molar-refractivity contribution >= 4 is 33.2 Å². The van der Waals surface area contributed by atoms with Crippen LogP contribution in [0.4, 0.5) is 5.69 Å². The molecule has 1 aromatic heterocycles. The van der Waals surface area contributed by atoms with E-state index in [9.17, 15) is 13.2 Å². The third-order valence-electron chi connectivity index (χ3n) is 4.73. The Morgan fingerprint density at radius 1 is 1.17 bits per heavy atom. The van der Waals surface area contributed by atoms with Crippen molar-refractivity contribution in [3.63, 3.8) is 0 Å². The minimum absolute atomic E-state index is 0.0301. The highest BCUT2D eigenvalue weighted by Crippen LogP contribution is 2.25. The van der Waals surface area contributed by atoms with Gasteiger partial charge in [-0.25, -0.2) is 13.4 Å². The minimum atomic E-state index is -3.70. The standard InChI is InChI=1S/C21H23ClN4O3S/c1-4-26(5-2)30(28,29)17-9-10-19(22)18(14-17)21(27)24-16-8-6-7-15(13-16)20-23-11-12-25(20)3/h6-14H,4-5H2,1-3H3,(H,24,27). The molecule has 0 bridgehead atoms. The molecular formula is C21H23ClN4O3S. The summed E-state index contributed by atoms with van der Waals surface area (Å²) < 4.78 is 28.8. The quantitative estimate of drug-likeness (QED) is 0.594. The Labute approximate surface area is 181 Å². The van der Waals surface area contributed by atoms with Crippen LogP contribution in [0.3, 0.4) is 0 Å². The normalized spacial score (nSPS) is 11.6. The third kappa shape index (κ3) is 4.40. The van der Waals surface area contributed by atoms with Gasteiger partial charge in [-0.15, -0.1) is 0 Å². The molecule has 0 spiro atoms. The number of benzene rings is 2. The fourth-order valence-electron chi connectivity index (χ4n) is 3.13. The van der Waals surface area contributed by atoms with Crippen molar-refractivity contribution in [2.75, 3.05) is 18.4 Å². The Balaban J connectivity index is 1.90. The largest absolute Gasteiger partial charge is 0.334 e. The third-order valence-corrected chi connectivity index (χ3v) is 7.10. The van der Waals surface area contributed by atoms with Gasteiger partial charge in [-0.1, -0.05) is 37.6 Å². The number of anilines is 1. The highest BCUT2D eigenvalue weighted by Gasteiger charge is 2.24. The van der Waals surface area contributed by atoms with Crippen LogP contribution in [0, 0.1) is 0 Å². The van der Waals surface area contributed by atoms with E-state index in [0.29, 0.717) is 18.8 Å². The molecule has 0 atom stereocenters. The lowest BCUT2D eigenvalue weighted by Crippen LogP contribution is -2.30. The first-order valence-electron chi connectivity index (χ1n) is 9.46. The monoisotopic (exact) mass is 446 g/mol.